The molecule has 15 heavy (non-hydrogen) atoms. The zero-order valence-electron chi connectivity index (χ0n) is 9.50. The summed E-state index contributed by atoms with van der Waals surface area (Å²) in [7, 11) is 1.68. The smallest absolute Gasteiger partial charge is 0.134 e. The van der Waals surface area contributed by atoms with E-state index in [2.05, 4.69) is 20.6 Å². The highest BCUT2D eigenvalue weighted by atomic mass is 16.5. The molecule has 0 aliphatic rings. The van der Waals surface area contributed by atoms with Gasteiger partial charge in [0.25, 0.3) is 0 Å². The number of ether oxygens (including phenoxy) is 1. The van der Waals surface area contributed by atoms with Crippen LogP contribution in [-0.4, -0.2) is 36.8 Å². The van der Waals surface area contributed by atoms with Crippen LogP contribution in [-0.2, 0) is 4.74 Å². The van der Waals surface area contributed by atoms with Crippen molar-refractivity contribution >= 4 is 11.6 Å². The lowest BCUT2D eigenvalue weighted by atomic mass is 10.3. The standard InChI is InChI=1S/C10H18N4O/c1-4-11-9-8(2)10(14-7-13-9)12-5-6-15-3/h7H,4-6H2,1-3H3,(H2,11,12,13,14). The Labute approximate surface area is 90.3 Å². The van der Waals surface area contributed by atoms with Crippen LogP contribution in [0.2, 0.25) is 0 Å². The van der Waals surface area contributed by atoms with Crippen molar-refractivity contribution < 1.29 is 4.74 Å². The maximum absolute atomic E-state index is 4.96. The van der Waals surface area contributed by atoms with E-state index >= 15 is 0 Å². The molecule has 1 rings (SSSR count). The van der Waals surface area contributed by atoms with Crippen LogP contribution < -0.4 is 10.6 Å². The molecule has 0 aliphatic heterocycles. The van der Waals surface area contributed by atoms with Crippen molar-refractivity contribution in [2.75, 3.05) is 37.4 Å². The second-order valence-electron chi connectivity index (χ2n) is 3.15. The summed E-state index contributed by atoms with van der Waals surface area (Å²) in [6.07, 6.45) is 1.56. The van der Waals surface area contributed by atoms with E-state index < -0.39 is 0 Å². The lowest BCUT2D eigenvalue weighted by Crippen LogP contribution is -2.12. The molecule has 0 atom stereocenters. The molecule has 2 N–H and O–H groups in total. The molecule has 5 nitrogen and oxygen atoms in total. The second-order valence-corrected chi connectivity index (χ2v) is 3.15. The van der Waals surface area contributed by atoms with Crippen LogP contribution in [0.1, 0.15) is 12.5 Å². The minimum absolute atomic E-state index is 0.667. The second kappa shape index (κ2) is 6.19. The lowest BCUT2D eigenvalue weighted by Gasteiger charge is -2.11. The van der Waals surface area contributed by atoms with Gasteiger partial charge in [-0.2, -0.15) is 0 Å². The van der Waals surface area contributed by atoms with Crippen LogP contribution in [0.5, 0.6) is 0 Å². The number of hydrogen-bond acceptors (Lipinski definition) is 5. The van der Waals surface area contributed by atoms with Gasteiger partial charge in [0.2, 0.25) is 0 Å². The third kappa shape index (κ3) is 3.36. The van der Waals surface area contributed by atoms with Crippen molar-refractivity contribution in [3.05, 3.63) is 11.9 Å². The molecular weight excluding hydrogens is 192 g/mol. The molecule has 0 fully saturated rings. The van der Waals surface area contributed by atoms with Crippen LogP contribution >= 0.6 is 0 Å². The van der Waals surface area contributed by atoms with Crippen LogP contribution in [0.25, 0.3) is 0 Å². The summed E-state index contributed by atoms with van der Waals surface area (Å²) in [5, 5.41) is 6.38. The first-order chi connectivity index (χ1) is 7.29. The van der Waals surface area contributed by atoms with Crippen molar-refractivity contribution in [1.82, 2.24) is 9.97 Å². The minimum Gasteiger partial charge on any atom is -0.383 e. The van der Waals surface area contributed by atoms with Crippen LogP contribution in [0.3, 0.4) is 0 Å². The van der Waals surface area contributed by atoms with Crippen molar-refractivity contribution in [2.45, 2.75) is 13.8 Å². The quantitative estimate of drug-likeness (QED) is 0.692. The van der Waals surface area contributed by atoms with Crippen LogP contribution in [0.4, 0.5) is 11.6 Å². The molecule has 0 saturated carbocycles. The lowest BCUT2D eigenvalue weighted by molar-refractivity contribution is 0.210. The summed E-state index contributed by atoms with van der Waals surface area (Å²) >= 11 is 0. The number of hydrogen-bond donors (Lipinski definition) is 2. The van der Waals surface area contributed by atoms with Gasteiger partial charge < -0.3 is 15.4 Å². The number of rotatable bonds is 6. The van der Waals surface area contributed by atoms with Gasteiger partial charge in [0.1, 0.15) is 18.0 Å². The molecule has 0 radical (unpaired) electrons. The zero-order valence-corrected chi connectivity index (χ0v) is 9.50. The Morgan fingerprint density at radius 2 is 1.93 bits per heavy atom. The average Bonchev–Trinajstić information content (AvgIpc) is 2.24. The van der Waals surface area contributed by atoms with Gasteiger partial charge in [-0.3, -0.25) is 0 Å². The molecule has 0 aliphatic carbocycles. The van der Waals surface area contributed by atoms with E-state index in [0.717, 1.165) is 30.3 Å². The van der Waals surface area contributed by atoms with Crippen molar-refractivity contribution in [3.8, 4) is 0 Å². The summed E-state index contributed by atoms with van der Waals surface area (Å²) < 4.78 is 4.96. The molecule has 0 spiro atoms. The Balaban J connectivity index is 2.66. The summed E-state index contributed by atoms with van der Waals surface area (Å²) in [5.74, 6) is 1.74. The highest BCUT2D eigenvalue weighted by Gasteiger charge is 2.04. The van der Waals surface area contributed by atoms with Gasteiger partial charge in [-0.25, -0.2) is 9.97 Å². The van der Waals surface area contributed by atoms with E-state index in [1.807, 2.05) is 13.8 Å². The predicted octanol–water partition coefficient (Wildman–Crippen LogP) is 1.28. The molecule has 1 aromatic heterocycles. The summed E-state index contributed by atoms with van der Waals surface area (Å²) in [6.45, 7) is 6.31. The molecule has 0 unspecified atom stereocenters. The SMILES string of the molecule is CCNc1ncnc(NCCOC)c1C. The number of nitrogens with zero attached hydrogens (tertiary/aromatic N) is 2. The largest absolute Gasteiger partial charge is 0.383 e. The van der Waals surface area contributed by atoms with Gasteiger partial charge in [0.05, 0.1) is 6.61 Å². The number of methoxy groups -OCH3 is 1. The van der Waals surface area contributed by atoms with E-state index in [4.69, 9.17) is 4.74 Å². The number of aromatic nitrogens is 2. The molecule has 0 saturated heterocycles. The van der Waals surface area contributed by atoms with Gasteiger partial charge in [-0.1, -0.05) is 0 Å². The van der Waals surface area contributed by atoms with Crippen LogP contribution in [0.15, 0.2) is 6.33 Å². The van der Waals surface area contributed by atoms with Crippen molar-refractivity contribution in [3.63, 3.8) is 0 Å². The molecule has 0 bridgehead atoms. The summed E-state index contributed by atoms with van der Waals surface area (Å²) in [5.41, 5.74) is 1.04. The Kier molecular flexibility index (Phi) is 4.83. The summed E-state index contributed by atoms with van der Waals surface area (Å²) in [6, 6.07) is 0. The molecule has 84 valence electrons. The van der Waals surface area contributed by atoms with E-state index in [0.29, 0.717) is 6.61 Å². The van der Waals surface area contributed by atoms with E-state index in [9.17, 15) is 0 Å². The predicted molar refractivity (Wildman–Crippen MR) is 61.3 cm³/mol. The number of anilines is 2. The molecule has 5 heteroatoms. The minimum atomic E-state index is 0.667. The van der Waals surface area contributed by atoms with Crippen molar-refractivity contribution in [1.29, 1.82) is 0 Å². The Hall–Kier alpha value is -1.36. The number of nitrogens with one attached hydrogen (secondary N) is 2. The van der Waals surface area contributed by atoms with Gasteiger partial charge in [0, 0.05) is 25.8 Å². The molecular formula is C10H18N4O. The molecule has 1 aromatic rings. The van der Waals surface area contributed by atoms with Gasteiger partial charge in [0.15, 0.2) is 0 Å². The first-order valence-corrected chi connectivity index (χ1v) is 5.07. The fourth-order valence-corrected chi connectivity index (χ4v) is 1.25. The Morgan fingerprint density at radius 1 is 1.27 bits per heavy atom. The summed E-state index contributed by atoms with van der Waals surface area (Å²) in [4.78, 5) is 8.34. The van der Waals surface area contributed by atoms with Gasteiger partial charge in [-0.05, 0) is 13.8 Å². The van der Waals surface area contributed by atoms with Crippen LogP contribution in [0, 0.1) is 6.92 Å². The first-order valence-electron chi connectivity index (χ1n) is 5.07. The topological polar surface area (TPSA) is 59.1 Å². The average molecular weight is 210 g/mol. The maximum atomic E-state index is 4.96. The fourth-order valence-electron chi connectivity index (χ4n) is 1.25. The first kappa shape index (κ1) is 11.7. The van der Waals surface area contributed by atoms with Crippen molar-refractivity contribution in [2.24, 2.45) is 0 Å². The Bertz CT molecular complexity index is 303. The molecule has 0 amide bonds. The van der Waals surface area contributed by atoms with E-state index in [1.54, 1.807) is 13.4 Å². The highest BCUT2D eigenvalue weighted by Crippen LogP contribution is 2.17. The third-order valence-electron chi connectivity index (χ3n) is 2.03. The zero-order chi connectivity index (χ0) is 11.1. The van der Waals surface area contributed by atoms with E-state index in [1.165, 1.54) is 0 Å². The van der Waals surface area contributed by atoms with Gasteiger partial charge in [-0.15, -0.1) is 0 Å². The molecule has 0 aromatic carbocycles. The fraction of sp³-hybridized carbons (Fsp3) is 0.600. The maximum Gasteiger partial charge on any atom is 0.134 e. The monoisotopic (exact) mass is 210 g/mol. The highest BCUT2D eigenvalue weighted by molar-refractivity contribution is 5.56. The van der Waals surface area contributed by atoms with E-state index in [-0.39, 0.29) is 0 Å². The normalized spacial score (nSPS) is 10.1. The Morgan fingerprint density at radius 3 is 2.53 bits per heavy atom. The van der Waals surface area contributed by atoms with Gasteiger partial charge >= 0.3 is 0 Å². The molecule has 1 heterocycles. The third-order valence-corrected chi connectivity index (χ3v) is 2.03.